The molecule has 4 nitrogen and oxygen atoms in total. The third-order valence-electron chi connectivity index (χ3n) is 3.00. The normalized spacial score (nSPS) is 21.1. The van der Waals surface area contributed by atoms with Crippen LogP contribution < -0.4 is 5.32 Å². The van der Waals surface area contributed by atoms with Gasteiger partial charge in [0.25, 0.3) is 0 Å². The van der Waals surface area contributed by atoms with Crippen LogP contribution in [0.25, 0.3) is 0 Å². The van der Waals surface area contributed by atoms with Gasteiger partial charge in [0.15, 0.2) is 0 Å². The summed E-state index contributed by atoms with van der Waals surface area (Å²) < 4.78 is 27.6. The zero-order chi connectivity index (χ0) is 13.6. The Morgan fingerprint density at radius 3 is 2.67 bits per heavy atom. The number of hydrogen-bond donors (Lipinski definition) is 1. The van der Waals surface area contributed by atoms with E-state index >= 15 is 0 Å². The highest BCUT2D eigenvalue weighted by Crippen LogP contribution is 2.32. The predicted octanol–water partition coefficient (Wildman–Crippen LogP) is 2.19. The maximum Gasteiger partial charge on any atom is 0.244 e. The van der Waals surface area contributed by atoms with E-state index in [1.807, 2.05) is 20.8 Å². The molecular formula is C11H17BrN2O2S2. The predicted molar refractivity (Wildman–Crippen MR) is 77.6 cm³/mol. The molecule has 1 N–H and O–H groups in total. The Morgan fingerprint density at radius 1 is 1.50 bits per heavy atom. The van der Waals surface area contributed by atoms with Crippen LogP contribution in [0.5, 0.6) is 0 Å². The first-order chi connectivity index (χ1) is 8.22. The Labute approximate surface area is 121 Å². The molecule has 0 atom stereocenters. The van der Waals surface area contributed by atoms with Crippen molar-refractivity contribution in [2.24, 2.45) is 0 Å². The van der Waals surface area contributed by atoms with Crippen LogP contribution in [0, 0.1) is 6.92 Å². The molecule has 1 aromatic rings. The summed E-state index contributed by atoms with van der Waals surface area (Å²) in [5, 5.41) is 3.32. The molecule has 1 aliphatic rings. The summed E-state index contributed by atoms with van der Waals surface area (Å²) >= 11 is 4.80. The van der Waals surface area contributed by atoms with E-state index < -0.39 is 10.0 Å². The van der Waals surface area contributed by atoms with E-state index in [1.54, 1.807) is 10.4 Å². The lowest BCUT2D eigenvalue weighted by molar-refractivity contribution is 0.233. The van der Waals surface area contributed by atoms with Gasteiger partial charge in [-0.1, -0.05) is 0 Å². The van der Waals surface area contributed by atoms with Gasteiger partial charge in [0.1, 0.15) is 0 Å². The van der Waals surface area contributed by atoms with Crippen molar-refractivity contribution in [2.45, 2.75) is 31.2 Å². The van der Waals surface area contributed by atoms with Crippen molar-refractivity contribution in [3.8, 4) is 0 Å². The largest absolute Gasteiger partial charge is 0.309 e. The first-order valence-corrected chi connectivity index (χ1v) is 8.78. The molecule has 1 saturated heterocycles. The van der Waals surface area contributed by atoms with Crippen LogP contribution in [-0.4, -0.2) is 37.9 Å². The molecule has 7 heteroatoms. The smallest absolute Gasteiger partial charge is 0.244 e. The minimum Gasteiger partial charge on any atom is -0.309 e. The van der Waals surface area contributed by atoms with Crippen molar-refractivity contribution >= 4 is 37.3 Å². The van der Waals surface area contributed by atoms with Crippen molar-refractivity contribution in [2.75, 3.05) is 19.6 Å². The summed E-state index contributed by atoms with van der Waals surface area (Å²) in [5.74, 6) is 0. The van der Waals surface area contributed by atoms with E-state index in [2.05, 4.69) is 21.2 Å². The molecule has 0 amide bonds. The summed E-state index contributed by atoms with van der Waals surface area (Å²) in [5.41, 5.74) is -0.174. The molecule has 0 unspecified atom stereocenters. The average molecular weight is 353 g/mol. The number of sulfonamides is 1. The molecule has 1 fully saturated rings. The second-order valence-electron chi connectivity index (χ2n) is 5.12. The number of nitrogens with zero attached hydrogens (tertiary/aromatic N) is 1. The molecule has 0 spiro atoms. The van der Waals surface area contributed by atoms with Crippen molar-refractivity contribution < 1.29 is 8.42 Å². The lowest BCUT2D eigenvalue weighted by atomic mass is 10.0. The fraction of sp³-hybridized carbons (Fsp3) is 0.636. The molecule has 0 aliphatic carbocycles. The monoisotopic (exact) mass is 352 g/mol. The first kappa shape index (κ1) is 14.5. The number of thiophene rings is 1. The number of nitrogens with one attached hydrogen (secondary N) is 1. The molecule has 18 heavy (non-hydrogen) atoms. The highest BCUT2D eigenvalue weighted by atomic mass is 79.9. The molecule has 102 valence electrons. The Balaban J connectivity index is 2.34. The van der Waals surface area contributed by atoms with Gasteiger partial charge in [-0.3, -0.25) is 0 Å². The first-order valence-electron chi connectivity index (χ1n) is 5.73. The molecule has 1 aromatic heterocycles. The standard InChI is InChI=1S/C11H17BrN2O2S2/c1-8-9(6-10(12)17-8)18(15,16)14-5-4-13-11(2,3)7-14/h6,13H,4-5,7H2,1-3H3. The molecule has 2 heterocycles. The third kappa shape index (κ3) is 2.80. The average Bonchev–Trinajstić information content (AvgIpc) is 2.57. The van der Waals surface area contributed by atoms with E-state index in [0.29, 0.717) is 24.5 Å². The molecular weight excluding hydrogens is 336 g/mol. The number of hydrogen-bond acceptors (Lipinski definition) is 4. The summed E-state index contributed by atoms with van der Waals surface area (Å²) in [4.78, 5) is 1.26. The highest BCUT2D eigenvalue weighted by molar-refractivity contribution is 9.11. The van der Waals surface area contributed by atoms with Gasteiger partial charge in [0.2, 0.25) is 10.0 Å². The van der Waals surface area contributed by atoms with E-state index in [4.69, 9.17) is 0 Å². The van der Waals surface area contributed by atoms with Crippen LogP contribution in [0.1, 0.15) is 18.7 Å². The van der Waals surface area contributed by atoms with Crippen molar-refractivity contribution in [1.29, 1.82) is 0 Å². The number of aryl methyl sites for hydroxylation is 1. The minimum absolute atomic E-state index is 0.174. The van der Waals surface area contributed by atoms with Gasteiger partial charge in [-0.05, 0) is 42.8 Å². The van der Waals surface area contributed by atoms with Gasteiger partial charge in [-0.15, -0.1) is 11.3 Å². The topological polar surface area (TPSA) is 49.4 Å². The van der Waals surface area contributed by atoms with Gasteiger partial charge >= 0.3 is 0 Å². The van der Waals surface area contributed by atoms with Crippen LogP contribution in [0.3, 0.4) is 0 Å². The van der Waals surface area contributed by atoms with Crippen molar-refractivity contribution in [3.63, 3.8) is 0 Å². The van der Waals surface area contributed by atoms with Crippen LogP contribution in [-0.2, 0) is 10.0 Å². The van der Waals surface area contributed by atoms with E-state index in [9.17, 15) is 8.42 Å². The second-order valence-corrected chi connectivity index (χ2v) is 9.66. The third-order valence-corrected chi connectivity index (χ3v) is 6.65. The van der Waals surface area contributed by atoms with Crippen LogP contribution in [0.2, 0.25) is 0 Å². The molecule has 1 aliphatic heterocycles. The number of rotatable bonds is 2. The summed E-state index contributed by atoms with van der Waals surface area (Å²) in [6, 6.07) is 1.70. The fourth-order valence-corrected chi connectivity index (χ4v) is 6.11. The van der Waals surface area contributed by atoms with Gasteiger partial charge in [-0.2, -0.15) is 4.31 Å². The summed E-state index contributed by atoms with van der Waals surface area (Å²) in [6.07, 6.45) is 0. The Kier molecular flexibility index (Phi) is 3.91. The number of piperazine rings is 1. The quantitative estimate of drug-likeness (QED) is 0.887. The van der Waals surface area contributed by atoms with Crippen LogP contribution >= 0.6 is 27.3 Å². The minimum atomic E-state index is -3.37. The SMILES string of the molecule is Cc1sc(Br)cc1S(=O)(=O)N1CCNC(C)(C)C1. The molecule has 2 rings (SSSR count). The Bertz CT molecular complexity index is 551. The Morgan fingerprint density at radius 2 is 2.17 bits per heavy atom. The van der Waals surface area contributed by atoms with Gasteiger partial charge in [0, 0.05) is 30.1 Å². The van der Waals surface area contributed by atoms with Crippen molar-refractivity contribution in [1.82, 2.24) is 9.62 Å². The lowest BCUT2D eigenvalue weighted by Gasteiger charge is -2.38. The van der Waals surface area contributed by atoms with E-state index in [1.165, 1.54) is 11.3 Å². The molecule has 0 radical (unpaired) electrons. The fourth-order valence-electron chi connectivity index (χ4n) is 2.13. The zero-order valence-electron chi connectivity index (χ0n) is 10.7. The van der Waals surface area contributed by atoms with Crippen LogP contribution in [0.15, 0.2) is 14.7 Å². The molecule has 0 saturated carbocycles. The summed E-state index contributed by atoms with van der Waals surface area (Å²) in [7, 11) is -3.37. The molecule has 0 aromatic carbocycles. The maximum absolute atomic E-state index is 12.6. The van der Waals surface area contributed by atoms with E-state index in [-0.39, 0.29) is 5.54 Å². The van der Waals surface area contributed by atoms with Crippen LogP contribution in [0.4, 0.5) is 0 Å². The van der Waals surface area contributed by atoms with Gasteiger partial charge in [-0.25, -0.2) is 8.42 Å². The molecule has 0 bridgehead atoms. The zero-order valence-corrected chi connectivity index (χ0v) is 13.9. The van der Waals surface area contributed by atoms with E-state index in [0.717, 1.165) is 8.66 Å². The lowest BCUT2D eigenvalue weighted by Crippen LogP contribution is -2.58. The van der Waals surface area contributed by atoms with Gasteiger partial charge in [0.05, 0.1) is 8.68 Å². The maximum atomic E-state index is 12.6. The van der Waals surface area contributed by atoms with Crippen molar-refractivity contribution in [3.05, 3.63) is 14.7 Å². The summed E-state index contributed by atoms with van der Waals surface area (Å²) in [6.45, 7) is 7.60. The highest BCUT2D eigenvalue weighted by Gasteiger charge is 2.35. The van der Waals surface area contributed by atoms with Gasteiger partial charge < -0.3 is 5.32 Å². The second kappa shape index (κ2) is 4.86. The number of halogens is 1. The Hall–Kier alpha value is 0.0500.